The predicted molar refractivity (Wildman–Crippen MR) is 74.7 cm³/mol. The van der Waals surface area contributed by atoms with Gasteiger partial charge in [0.25, 0.3) is 0 Å². The number of hydrogen-bond acceptors (Lipinski definition) is 3. The number of halogens is 1. The normalized spacial score (nSPS) is 10.8. The van der Waals surface area contributed by atoms with Gasteiger partial charge < -0.3 is 15.2 Å². The van der Waals surface area contributed by atoms with Crippen molar-refractivity contribution in [2.24, 2.45) is 5.92 Å². The lowest BCUT2D eigenvalue weighted by molar-refractivity contribution is 0.0817. The third-order valence-corrected chi connectivity index (χ3v) is 2.74. The van der Waals surface area contributed by atoms with Crippen LogP contribution in [0.15, 0.2) is 18.2 Å². The Morgan fingerprint density at radius 2 is 2.06 bits per heavy atom. The fourth-order valence-electron chi connectivity index (χ4n) is 1.16. The van der Waals surface area contributed by atoms with Crippen molar-refractivity contribution >= 4 is 28.3 Å². The fourth-order valence-corrected chi connectivity index (χ4v) is 1.86. The molecule has 0 heterocycles. The first-order chi connectivity index (χ1) is 7.59. The highest BCUT2D eigenvalue weighted by atomic mass is 127. The van der Waals surface area contributed by atoms with Crippen LogP contribution in [0.4, 0.5) is 5.69 Å². The van der Waals surface area contributed by atoms with Crippen LogP contribution in [0, 0.1) is 9.49 Å². The molecule has 0 saturated heterocycles. The molecule has 0 saturated carbocycles. The first-order valence-electron chi connectivity index (χ1n) is 5.35. The molecule has 0 atom stereocenters. The van der Waals surface area contributed by atoms with Crippen LogP contribution in [0.2, 0.25) is 0 Å². The summed E-state index contributed by atoms with van der Waals surface area (Å²) in [7, 11) is 0. The smallest absolute Gasteiger partial charge is 0.132 e. The Morgan fingerprint density at radius 1 is 1.31 bits per heavy atom. The maximum Gasteiger partial charge on any atom is 0.132 e. The van der Waals surface area contributed by atoms with Gasteiger partial charge in [0.15, 0.2) is 0 Å². The quantitative estimate of drug-likeness (QED) is 0.494. The van der Waals surface area contributed by atoms with Crippen molar-refractivity contribution in [2.75, 3.05) is 25.6 Å². The molecule has 90 valence electrons. The number of ether oxygens (including phenoxy) is 2. The molecule has 1 aromatic rings. The minimum Gasteiger partial charge on any atom is -0.490 e. The van der Waals surface area contributed by atoms with Crippen molar-refractivity contribution in [2.45, 2.75) is 13.8 Å². The zero-order chi connectivity index (χ0) is 12.0. The maximum atomic E-state index is 5.65. The Hall–Kier alpha value is -0.490. The third kappa shape index (κ3) is 5.03. The van der Waals surface area contributed by atoms with Crippen LogP contribution in [0.25, 0.3) is 0 Å². The fraction of sp³-hybridized carbons (Fsp3) is 0.500. The standard InChI is InChI=1S/C12H18INO2/c1-9(2)8-15-5-6-16-12-4-3-10(14)7-11(12)13/h3-4,7,9H,5-6,8,14H2,1-2H3. The van der Waals surface area contributed by atoms with Gasteiger partial charge in [0.2, 0.25) is 0 Å². The molecule has 2 N–H and O–H groups in total. The van der Waals surface area contributed by atoms with E-state index in [9.17, 15) is 0 Å². The topological polar surface area (TPSA) is 44.5 Å². The van der Waals surface area contributed by atoms with Crippen LogP contribution in [0.3, 0.4) is 0 Å². The monoisotopic (exact) mass is 335 g/mol. The lowest BCUT2D eigenvalue weighted by Gasteiger charge is -2.10. The van der Waals surface area contributed by atoms with Crippen molar-refractivity contribution < 1.29 is 9.47 Å². The van der Waals surface area contributed by atoms with E-state index < -0.39 is 0 Å². The SMILES string of the molecule is CC(C)COCCOc1ccc(N)cc1I. The Labute approximate surface area is 110 Å². The molecule has 4 heteroatoms. The van der Waals surface area contributed by atoms with Gasteiger partial charge in [-0.2, -0.15) is 0 Å². The summed E-state index contributed by atoms with van der Waals surface area (Å²) in [5, 5.41) is 0. The summed E-state index contributed by atoms with van der Waals surface area (Å²) in [6, 6.07) is 5.62. The Bertz CT molecular complexity index is 329. The van der Waals surface area contributed by atoms with Crippen molar-refractivity contribution in [1.82, 2.24) is 0 Å². The summed E-state index contributed by atoms with van der Waals surface area (Å²) < 4.78 is 12.0. The first-order valence-corrected chi connectivity index (χ1v) is 6.43. The van der Waals surface area contributed by atoms with E-state index in [1.165, 1.54) is 0 Å². The van der Waals surface area contributed by atoms with Gasteiger partial charge in [-0.1, -0.05) is 13.8 Å². The molecule has 0 aromatic heterocycles. The van der Waals surface area contributed by atoms with Gasteiger partial charge in [0.05, 0.1) is 10.2 Å². The number of benzene rings is 1. The van der Waals surface area contributed by atoms with Crippen LogP contribution in [0.5, 0.6) is 5.75 Å². The second-order valence-electron chi connectivity index (χ2n) is 4.01. The van der Waals surface area contributed by atoms with Gasteiger partial charge in [-0.3, -0.25) is 0 Å². The van der Waals surface area contributed by atoms with E-state index in [0.717, 1.165) is 21.6 Å². The largest absolute Gasteiger partial charge is 0.490 e. The molecule has 0 aliphatic carbocycles. The molecule has 0 fully saturated rings. The molecule has 0 spiro atoms. The molecule has 16 heavy (non-hydrogen) atoms. The maximum absolute atomic E-state index is 5.65. The number of nitrogens with two attached hydrogens (primary N) is 1. The third-order valence-electron chi connectivity index (χ3n) is 1.89. The van der Waals surface area contributed by atoms with Crippen molar-refractivity contribution in [3.05, 3.63) is 21.8 Å². The molecule has 0 amide bonds. The minimum absolute atomic E-state index is 0.566. The summed E-state index contributed by atoms with van der Waals surface area (Å²) in [4.78, 5) is 0. The second kappa shape index (κ2) is 6.96. The Kier molecular flexibility index (Phi) is 5.90. The zero-order valence-corrected chi connectivity index (χ0v) is 11.9. The highest BCUT2D eigenvalue weighted by molar-refractivity contribution is 14.1. The zero-order valence-electron chi connectivity index (χ0n) is 9.70. The molecule has 0 aliphatic rings. The van der Waals surface area contributed by atoms with Gasteiger partial charge in [0.1, 0.15) is 12.4 Å². The lowest BCUT2D eigenvalue weighted by atomic mass is 10.2. The molecule has 0 aliphatic heterocycles. The van der Waals surface area contributed by atoms with Gasteiger partial charge in [-0.15, -0.1) is 0 Å². The van der Waals surface area contributed by atoms with E-state index in [1.54, 1.807) is 0 Å². The minimum atomic E-state index is 0.566. The molecule has 0 radical (unpaired) electrons. The van der Waals surface area contributed by atoms with Crippen LogP contribution < -0.4 is 10.5 Å². The van der Waals surface area contributed by atoms with Crippen LogP contribution >= 0.6 is 22.6 Å². The molecular weight excluding hydrogens is 317 g/mol. The average molecular weight is 335 g/mol. The van der Waals surface area contributed by atoms with E-state index in [0.29, 0.717) is 19.1 Å². The summed E-state index contributed by atoms with van der Waals surface area (Å²) in [6.07, 6.45) is 0. The van der Waals surface area contributed by atoms with Crippen molar-refractivity contribution in [1.29, 1.82) is 0 Å². The molecule has 1 aromatic carbocycles. The van der Waals surface area contributed by atoms with Crippen LogP contribution in [0.1, 0.15) is 13.8 Å². The van der Waals surface area contributed by atoms with Crippen LogP contribution in [-0.4, -0.2) is 19.8 Å². The molecule has 0 unspecified atom stereocenters. The molecule has 1 rings (SSSR count). The van der Waals surface area contributed by atoms with Crippen molar-refractivity contribution in [3.63, 3.8) is 0 Å². The summed E-state index contributed by atoms with van der Waals surface area (Å²) in [5.74, 6) is 1.43. The molecule has 0 bridgehead atoms. The van der Waals surface area contributed by atoms with Crippen LogP contribution in [-0.2, 0) is 4.74 Å². The number of hydrogen-bond donors (Lipinski definition) is 1. The van der Waals surface area contributed by atoms with Gasteiger partial charge in [-0.25, -0.2) is 0 Å². The van der Waals surface area contributed by atoms with Gasteiger partial charge >= 0.3 is 0 Å². The van der Waals surface area contributed by atoms with E-state index in [1.807, 2.05) is 18.2 Å². The van der Waals surface area contributed by atoms with E-state index in [4.69, 9.17) is 15.2 Å². The highest BCUT2D eigenvalue weighted by Crippen LogP contribution is 2.22. The summed E-state index contributed by atoms with van der Waals surface area (Å²) >= 11 is 2.21. The number of nitrogen functional groups attached to an aromatic ring is 1. The van der Waals surface area contributed by atoms with Gasteiger partial charge in [0, 0.05) is 12.3 Å². The Morgan fingerprint density at radius 3 is 2.69 bits per heavy atom. The number of anilines is 1. The van der Waals surface area contributed by atoms with E-state index in [2.05, 4.69) is 36.4 Å². The summed E-state index contributed by atoms with van der Waals surface area (Å²) in [6.45, 7) is 6.24. The lowest BCUT2D eigenvalue weighted by Crippen LogP contribution is -2.10. The molecular formula is C12H18INO2. The molecule has 3 nitrogen and oxygen atoms in total. The average Bonchev–Trinajstić information content (AvgIpc) is 2.20. The van der Waals surface area contributed by atoms with Crippen molar-refractivity contribution in [3.8, 4) is 5.75 Å². The van der Waals surface area contributed by atoms with Gasteiger partial charge in [-0.05, 0) is 46.7 Å². The summed E-state index contributed by atoms with van der Waals surface area (Å²) in [5.41, 5.74) is 6.41. The second-order valence-corrected chi connectivity index (χ2v) is 5.17. The Balaban J connectivity index is 2.27. The van der Waals surface area contributed by atoms with E-state index in [-0.39, 0.29) is 0 Å². The number of rotatable bonds is 6. The predicted octanol–water partition coefficient (Wildman–Crippen LogP) is 2.92. The van der Waals surface area contributed by atoms with E-state index >= 15 is 0 Å². The first kappa shape index (κ1) is 13.6. The highest BCUT2D eigenvalue weighted by Gasteiger charge is 2.01.